The minimum absolute atomic E-state index is 0.161. The van der Waals surface area contributed by atoms with Crippen LogP contribution in [0.2, 0.25) is 0 Å². The molecule has 0 unspecified atom stereocenters. The van der Waals surface area contributed by atoms with Gasteiger partial charge >= 0.3 is 0 Å². The van der Waals surface area contributed by atoms with Gasteiger partial charge in [0, 0.05) is 37.7 Å². The van der Waals surface area contributed by atoms with Crippen LogP contribution in [0, 0.1) is 5.92 Å². The maximum atomic E-state index is 14.2. The van der Waals surface area contributed by atoms with E-state index >= 15 is 0 Å². The van der Waals surface area contributed by atoms with Crippen molar-refractivity contribution >= 4 is 35.2 Å². The number of nitrogens with one attached hydrogen (secondary N) is 1. The number of nitrogens with zero attached hydrogens (tertiary/aromatic N) is 4. The summed E-state index contributed by atoms with van der Waals surface area (Å²) in [6.45, 7) is 2.45. The number of benzene rings is 2. The van der Waals surface area contributed by atoms with Crippen molar-refractivity contribution in [3.63, 3.8) is 0 Å². The second kappa shape index (κ2) is 9.32. The second-order valence-electron chi connectivity index (χ2n) is 12.9. The zero-order valence-corrected chi connectivity index (χ0v) is 24.3. The highest BCUT2D eigenvalue weighted by atomic mass is 16.7. The summed E-state index contributed by atoms with van der Waals surface area (Å²) >= 11 is 0. The Balaban J connectivity index is 1.10. The summed E-state index contributed by atoms with van der Waals surface area (Å²) in [5.74, 6) is -3.50. The highest BCUT2D eigenvalue weighted by molar-refractivity contribution is 5.98. The molecule has 0 bridgehead atoms. The molecule has 0 radical (unpaired) electrons. The predicted molar refractivity (Wildman–Crippen MR) is 158 cm³/mol. The van der Waals surface area contributed by atoms with Crippen LogP contribution in [-0.4, -0.2) is 93.6 Å². The molecule has 222 valence electrons. The number of likely N-dealkylation sites (N-methyl/N-ethyl adjacent to an activating group) is 1. The lowest BCUT2D eigenvalue weighted by atomic mass is 9.74. The van der Waals surface area contributed by atoms with Gasteiger partial charge in [-0.2, -0.15) is 0 Å². The van der Waals surface area contributed by atoms with Crippen LogP contribution in [0.1, 0.15) is 48.8 Å². The SMILES string of the molecule is CN1C[C@@H](C(=O)N[C@]2(C)O[C@]3(O)[C@@H]4CCCN4C(=O)[C@@H](Cc4ccccc4)N3C2=O)C=C2c3cccc4c3[C@@H](C=N4)C[C@H]21. The van der Waals surface area contributed by atoms with E-state index in [0.29, 0.717) is 25.9 Å². The molecule has 0 aromatic heterocycles. The minimum Gasteiger partial charge on any atom is -0.347 e. The van der Waals surface area contributed by atoms with Gasteiger partial charge in [-0.1, -0.05) is 48.5 Å². The van der Waals surface area contributed by atoms with E-state index in [1.807, 2.05) is 61.8 Å². The average molecular weight is 582 g/mol. The Hall–Kier alpha value is -3.86. The summed E-state index contributed by atoms with van der Waals surface area (Å²) in [6, 6.07) is 14.1. The average Bonchev–Trinajstić information content (AvgIpc) is 3.70. The van der Waals surface area contributed by atoms with Gasteiger partial charge in [0.2, 0.25) is 17.5 Å². The quantitative estimate of drug-likeness (QED) is 0.572. The Morgan fingerprint density at radius 2 is 1.98 bits per heavy atom. The molecule has 3 fully saturated rings. The molecule has 8 rings (SSSR count). The van der Waals surface area contributed by atoms with Crippen molar-refractivity contribution in [2.45, 2.75) is 68.3 Å². The number of hydrogen-bond donors (Lipinski definition) is 2. The number of aliphatic hydroxyl groups is 1. The molecule has 2 N–H and O–H groups in total. The molecular weight excluding hydrogens is 546 g/mol. The normalized spacial score (nSPS) is 35.8. The summed E-state index contributed by atoms with van der Waals surface area (Å²) in [5.41, 5.74) is 3.45. The van der Waals surface area contributed by atoms with Crippen molar-refractivity contribution in [2.24, 2.45) is 10.9 Å². The first-order valence-electron chi connectivity index (χ1n) is 15.2. The third kappa shape index (κ3) is 3.82. The molecule has 43 heavy (non-hydrogen) atoms. The zero-order chi connectivity index (χ0) is 29.7. The van der Waals surface area contributed by atoms with Gasteiger partial charge in [0.05, 0.1) is 11.6 Å². The first-order chi connectivity index (χ1) is 20.7. The van der Waals surface area contributed by atoms with Gasteiger partial charge in [0.15, 0.2) is 0 Å². The van der Waals surface area contributed by atoms with Crippen LogP contribution in [0.4, 0.5) is 5.69 Å². The summed E-state index contributed by atoms with van der Waals surface area (Å²) in [4.78, 5) is 51.5. The van der Waals surface area contributed by atoms with E-state index in [9.17, 15) is 19.5 Å². The van der Waals surface area contributed by atoms with Crippen LogP contribution in [0.3, 0.4) is 0 Å². The summed E-state index contributed by atoms with van der Waals surface area (Å²) in [5, 5.41) is 14.9. The molecule has 2 aromatic carbocycles. The van der Waals surface area contributed by atoms with Crippen molar-refractivity contribution in [3.05, 3.63) is 71.3 Å². The van der Waals surface area contributed by atoms with Crippen molar-refractivity contribution in [2.75, 3.05) is 20.1 Å². The van der Waals surface area contributed by atoms with Crippen molar-refractivity contribution in [1.29, 1.82) is 0 Å². The summed E-state index contributed by atoms with van der Waals surface area (Å²) < 4.78 is 6.23. The minimum atomic E-state index is -2.04. The number of hydrogen-bond acceptors (Lipinski definition) is 7. The third-order valence-electron chi connectivity index (χ3n) is 10.3. The molecule has 10 nitrogen and oxygen atoms in total. The van der Waals surface area contributed by atoms with Crippen LogP contribution in [0.15, 0.2) is 59.6 Å². The highest BCUT2D eigenvalue weighted by Crippen LogP contribution is 2.49. The molecule has 5 heterocycles. The van der Waals surface area contributed by atoms with Crippen molar-refractivity contribution in [1.82, 2.24) is 20.0 Å². The zero-order valence-electron chi connectivity index (χ0n) is 24.3. The van der Waals surface area contributed by atoms with E-state index in [4.69, 9.17) is 4.74 Å². The molecule has 3 amide bonds. The molecule has 5 aliphatic heterocycles. The number of piperazine rings is 1. The van der Waals surface area contributed by atoms with E-state index in [2.05, 4.69) is 21.3 Å². The summed E-state index contributed by atoms with van der Waals surface area (Å²) in [6.07, 6.45) is 6.39. The number of ether oxygens (including phenoxy) is 1. The Kier molecular flexibility index (Phi) is 5.80. The van der Waals surface area contributed by atoms with Gasteiger partial charge < -0.3 is 15.3 Å². The van der Waals surface area contributed by atoms with E-state index in [0.717, 1.165) is 28.8 Å². The number of rotatable bonds is 4. The fourth-order valence-corrected chi connectivity index (χ4v) is 8.27. The van der Waals surface area contributed by atoms with Crippen molar-refractivity contribution in [3.8, 4) is 0 Å². The van der Waals surface area contributed by atoms with Crippen LogP contribution in [0.5, 0.6) is 0 Å². The van der Waals surface area contributed by atoms with E-state index in [1.54, 1.807) is 4.90 Å². The van der Waals surface area contributed by atoms with Crippen molar-refractivity contribution < 1.29 is 24.2 Å². The first kappa shape index (κ1) is 26.7. The maximum Gasteiger partial charge on any atom is 0.280 e. The van der Waals surface area contributed by atoms with Gasteiger partial charge in [0.25, 0.3) is 11.8 Å². The topological polar surface area (TPSA) is 115 Å². The molecule has 6 aliphatic rings. The number of carbonyl (C=O) groups is 3. The second-order valence-corrected chi connectivity index (χ2v) is 12.9. The van der Waals surface area contributed by atoms with E-state index in [-0.39, 0.29) is 30.2 Å². The lowest BCUT2D eigenvalue weighted by Gasteiger charge is -2.48. The predicted octanol–water partition coefficient (Wildman–Crippen LogP) is 2.16. The van der Waals surface area contributed by atoms with Gasteiger partial charge in [-0.3, -0.25) is 33.9 Å². The largest absolute Gasteiger partial charge is 0.347 e. The molecule has 2 aromatic rings. The molecule has 7 atom stereocenters. The smallest absolute Gasteiger partial charge is 0.280 e. The number of aliphatic imine (C=N–C) groups is 1. The molecule has 0 saturated carbocycles. The maximum absolute atomic E-state index is 14.2. The Morgan fingerprint density at radius 3 is 2.79 bits per heavy atom. The number of carbonyl (C=O) groups excluding carboxylic acids is 3. The van der Waals surface area contributed by atoms with Crippen LogP contribution >= 0.6 is 0 Å². The lowest BCUT2D eigenvalue weighted by Crippen LogP contribution is -2.71. The molecule has 0 spiro atoms. The van der Waals surface area contributed by atoms with Gasteiger partial charge in [-0.15, -0.1) is 0 Å². The number of fused-ring (bicyclic) bond motifs is 5. The molecule has 10 heteroatoms. The first-order valence-corrected chi connectivity index (χ1v) is 15.2. The fraction of sp³-hybridized carbons (Fsp3) is 0.455. The molecule has 1 aliphatic carbocycles. The standard InChI is InChI=1S/C33H35N5O5/c1-32(35-29(39)21-15-23-22-10-6-11-24-28(22)20(17-34-24)16-25(23)36(2)18-21)31(41)38-26(14-19-8-4-3-5-9-19)30(40)37-13-7-12-27(37)33(38,42)43-32/h3-6,8-11,15,17,20-21,25-27,42H,7,12-14,16,18H2,1-2H3,(H,35,39)/t20-,21+,25-,26-,27+,32-,33-/m1/s1. The Labute approximate surface area is 250 Å². The van der Waals surface area contributed by atoms with Gasteiger partial charge in [-0.25, -0.2) is 0 Å². The van der Waals surface area contributed by atoms with Crippen LogP contribution < -0.4 is 5.32 Å². The van der Waals surface area contributed by atoms with E-state index < -0.39 is 35.5 Å². The fourth-order valence-electron chi connectivity index (χ4n) is 8.27. The van der Waals surface area contributed by atoms with E-state index in [1.165, 1.54) is 17.4 Å². The highest BCUT2D eigenvalue weighted by Gasteiger charge is 2.70. The van der Waals surface area contributed by atoms with Crippen LogP contribution in [-0.2, 0) is 25.5 Å². The molecular formula is C33H35N5O5. The van der Waals surface area contributed by atoms with Gasteiger partial charge in [-0.05, 0) is 61.6 Å². The Bertz CT molecular complexity index is 1610. The summed E-state index contributed by atoms with van der Waals surface area (Å²) in [7, 11) is 2.02. The van der Waals surface area contributed by atoms with Crippen LogP contribution in [0.25, 0.3) is 5.57 Å². The third-order valence-corrected chi connectivity index (χ3v) is 10.3. The lowest BCUT2D eigenvalue weighted by molar-refractivity contribution is -0.315. The number of amides is 3. The Morgan fingerprint density at radius 1 is 1.16 bits per heavy atom. The molecule has 3 saturated heterocycles. The monoisotopic (exact) mass is 581 g/mol. The van der Waals surface area contributed by atoms with Gasteiger partial charge in [0.1, 0.15) is 12.1 Å².